The first-order valence-electron chi connectivity index (χ1n) is 8.73. The van der Waals surface area contributed by atoms with Crippen LogP contribution in [0.1, 0.15) is 25.7 Å². The summed E-state index contributed by atoms with van der Waals surface area (Å²) in [7, 11) is 1.72. The van der Waals surface area contributed by atoms with Gasteiger partial charge < -0.3 is 20.2 Å². The lowest BCUT2D eigenvalue weighted by Crippen LogP contribution is -2.29. The number of anilines is 1. The van der Waals surface area contributed by atoms with Crippen LogP contribution in [0.15, 0.2) is 40.8 Å². The molecular weight excluding hydrogens is 300 g/mol. The average molecular weight is 324 g/mol. The van der Waals surface area contributed by atoms with Gasteiger partial charge in [-0.15, -0.1) is 0 Å². The van der Waals surface area contributed by atoms with E-state index in [9.17, 15) is 0 Å². The Kier molecular flexibility index (Phi) is 4.07. The molecule has 0 spiro atoms. The van der Waals surface area contributed by atoms with Crippen LogP contribution in [0.4, 0.5) is 5.69 Å². The smallest absolute Gasteiger partial charge is 0.142 e. The maximum absolute atomic E-state index is 6.00. The molecule has 1 aliphatic rings. The lowest BCUT2D eigenvalue weighted by atomic mass is 9.86. The van der Waals surface area contributed by atoms with Gasteiger partial charge in [-0.1, -0.05) is 18.2 Å². The zero-order valence-electron chi connectivity index (χ0n) is 14.0. The Hall–Kier alpha value is -2.20. The maximum Gasteiger partial charge on any atom is 0.142 e. The third-order valence-corrected chi connectivity index (χ3v) is 5.17. The van der Waals surface area contributed by atoms with Gasteiger partial charge in [0, 0.05) is 29.4 Å². The van der Waals surface area contributed by atoms with Crippen LogP contribution in [0.3, 0.4) is 0 Å². The summed E-state index contributed by atoms with van der Waals surface area (Å²) >= 11 is 0. The Morgan fingerprint density at radius 2 is 1.88 bits per heavy atom. The van der Waals surface area contributed by atoms with Gasteiger partial charge in [0.05, 0.1) is 12.8 Å². The number of hydrogen-bond acceptors (Lipinski definition) is 4. The fourth-order valence-corrected chi connectivity index (χ4v) is 3.71. The number of ether oxygens (including phenoxy) is 1. The SMILES string of the molecule is COc1cc2c(cc1NC[C@H]1CC[C@H](N)CC1)oc1ccccc12. The van der Waals surface area contributed by atoms with Crippen LogP contribution in [0.25, 0.3) is 21.9 Å². The second-order valence-electron chi connectivity index (χ2n) is 6.81. The molecule has 0 atom stereocenters. The van der Waals surface area contributed by atoms with Crippen LogP contribution in [-0.2, 0) is 0 Å². The monoisotopic (exact) mass is 324 g/mol. The van der Waals surface area contributed by atoms with E-state index >= 15 is 0 Å². The zero-order chi connectivity index (χ0) is 16.5. The third kappa shape index (κ3) is 2.82. The van der Waals surface area contributed by atoms with Crippen LogP contribution >= 0.6 is 0 Å². The summed E-state index contributed by atoms with van der Waals surface area (Å²) in [5.41, 5.74) is 8.80. The number of nitrogens with two attached hydrogens (primary N) is 1. The lowest BCUT2D eigenvalue weighted by Gasteiger charge is -2.26. The van der Waals surface area contributed by atoms with E-state index in [-0.39, 0.29) is 0 Å². The van der Waals surface area contributed by atoms with Crippen LogP contribution < -0.4 is 15.8 Å². The molecule has 2 aromatic carbocycles. The summed E-state index contributed by atoms with van der Waals surface area (Å²) in [5.74, 6) is 1.54. The van der Waals surface area contributed by atoms with E-state index < -0.39 is 0 Å². The molecular formula is C20H24N2O2. The van der Waals surface area contributed by atoms with Crippen molar-refractivity contribution in [2.45, 2.75) is 31.7 Å². The number of methoxy groups -OCH3 is 1. The van der Waals surface area contributed by atoms with Gasteiger partial charge in [-0.2, -0.15) is 0 Å². The van der Waals surface area contributed by atoms with Crippen molar-refractivity contribution in [2.24, 2.45) is 11.7 Å². The minimum atomic E-state index is 0.391. The molecule has 0 unspecified atom stereocenters. The molecule has 4 heteroatoms. The number of fused-ring (bicyclic) bond motifs is 3. The van der Waals surface area contributed by atoms with Crippen molar-refractivity contribution in [3.63, 3.8) is 0 Å². The Balaban J connectivity index is 1.61. The minimum Gasteiger partial charge on any atom is -0.495 e. The molecule has 4 rings (SSSR count). The van der Waals surface area contributed by atoms with E-state index in [0.29, 0.717) is 12.0 Å². The summed E-state index contributed by atoms with van der Waals surface area (Å²) in [6.07, 6.45) is 4.66. The van der Waals surface area contributed by atoms with E-state index in [2.05, 4.69) is 23.5 Å². The maximum atomic E-state index is 6.00. The number of para-hydroxylation sites is 1. The lowest BCUT2D eigenvalue weighted by molar-refractivity contribution is 0.338. The van der Waals surface area contributed by atoms with Gasteiger partial charge in [0.2, 0.25) is 0 Å². The first kappa shape index (κ1) is 15.3. The molecule has 24 heavy (non-hydrogen) atoms. The second kappa shape index (κ2) is 6.36. The summed E-state index contributed by atoms with van der Waals surface area (Å²) < 4.78 is 11.6. The standard InChI is InChI=1S/C20H24N2O2/c1-23-20-10-16-15-4-2-3-5-18(15)24-19(16)11-17(20)22-12-13-6-8-14(21)9-7-13/h2-5,10-11,13-14,22H,6-9,12,21H2,1H3/t13-,14-. The Labute approximate surface area is 142 Å². The van der Waals surface area contributed by atoms with Crippen LogP contribution in [0, 0.1) is 5.92 Å². The fourth-order valence-electron chi connectivity index (χ4n) is 3.71. The summed E-state index contributed by atoms with van der Waals surface area (Å²) in [6, 6.07) is 12.6. The van der Waals surface area contributed by atoms with Gasteiger partial charge in [-0.05, 0) is 43.7 Å². The fraction of sp³-hybridized carbons (Fsp3) is 0.400. The number of rotatable bonds is 4. The highest BCUT2D eigenvalue weighted by Crippen LogP contribution is 2.36. The van der Waals surface area contributed by atoms with E-state index in [1.54, 1.807) is 7.11 Å². The highest BCUT2D eigenvalue weighted by molar-refractivity contribution is 6.06. The highest BCUT2D eigenvalue weighted by Gasteiger charge is 2.19. The molecule has 0 bridgehead atoms. The minimum absolute atomic E-state index is 0.391. The molecule has 1 aliphatic carbocycles. The van der Waals surface area contributed by atoms with Crippen molar-refractivity contribution >= 4 is 27.6 Å². The largest absolute Gasteiger partial charge is 0.495 e. The van der Waals surface area contributed by atoms with Gasteiger partial charge in [0.25, 0.3) is 0 Å². The third-order valence-electron chi connectivity index (χ3n) is 5.17. The molecule has 0 aliphatic heterocycles. The molecule has 4 nitrogen and oxygen atoms in total. The highest BCUT2D eigenvalue weighted by atomic mass is 16.5. The van der Waals surface area contributed by atoms with Crippen molar-refractivity contribution in [3.8, 4) is 5.75 Å². The van der Waals surface area contributed by atoms with Crippen molar-refractivity contribution in [1.82, 2.24) is 0 Å². The quantitative estimate of drug-likeness (QED) is 0.740. The van der Waals surface area contributed by atoms with Gasteiger partial charge in [0.15, 0.2) is 0 Å². The second-order valence-corrected chi connectivity index (χ2v) is 6.81. The van der Waals surface area contributed by atoms with Crippen molar-refractivity contribution in [1.29, 1.82) is 0 Å². The average Bonchev–Trinajstić information content (AvgIpc) is 2.97. The Morgan fingerprint density at radius 1 is 1.08 bits per heavy atom. The molecule has 0 radical (unpaired) electrons. The Morgan fingerprint density at radius 3 is 2.67 bits per heavy atom. The van der Waals surface area contributed by atoms with Crippen molar-refractivity contribution in [3.05, 3.63) is 36.4 Å². The van der Waals surface area contributed by atoms with Crippen LogP contribution in [-0.4, -0.2) is 19.7 Å². The first-order valence-corrected chi connectivity index (χ1v) is 8.73. The molecule has 1 heterocycles. The number of benzene rings is 2. The van der Waals surface area contributed by atoms with Crippen LogP contribution in [0.5, 0.6) is 5.75 Å². The van der Waals surface area contributed by atoms with Crippen molar-refractivity contribution < 1.29 is 9.15 Å². The van der Waals surface area contributed by atoms with Gasteiger partial charge >= 0.3 is 0 Å². The first-order chi connectivity index (χ1) is 11.7. The van der Waals surface area contributed by atoms with E-state index in [4.69, 9.17) is 14.9 Å². The number of furan rings is 1. The van der Waals surface area contributed by atoms with E-state index in [1.807, 2.05) is 18.2 Å². The molecule has 1 aromatic heterocycles. The normalized spacial score (nSPS) is 21.2. The molecule has 1 fully saturated rings. The predicted molar refractivity (Wildman–Crippen MR) is 98.7 cm³/mol. The summed E-state index contributed by atoms with van der Waals surface area (Å²) in [6.45, 7) is 0.953. The van der Waals surface area contributed by atoms with Gasteiger partial charge in [0.1, 0.15) is 16.9 Å². The van der Waals surface area contributed by atoms with Crippen LogP contribution in [0.2, 0.25) is 0 Å². The van der Waals surface area contributed by atoms with Gasteiger partial charge in [-0.25, -0.2) is 0 Å². The molecule has 126 valence electrons. The molecule has 0 saturated heterocycles. The van der Waals surface area contributed by atoms with E-state index in [0.717, 1.165) is 52.8 Å². The summed E-state index contributed by atoms with van der Waals surface area (Å²) in [5, 5.41) is 5.78. The predicted octanol–water partition coefficient (Wildman–Crippen LogP) is 4.52. The molecule has 1 saturated carbocycles. The summed E-state index contributed by atoms with van der Waals surface area (Å²) in [4.78, 5) is 0. The molecule has 0 amide bonds. The molecule has 3 aromatic rings. The van der Waals surface area contributed by atoms with E-state index in [1.165, 1.54) is 12.8 Å². The molecule has 3 N–H and O–H groups in total. The van der Waals surface area contributed by atoms with Gasteiger partial charge in [-0.3, -0.25) is 0 Å². The number of nitrogens with one attached hydrogen (secondary N) is 1. The Bertz CT molecular complexity index is 847. The topological polar surface area (TPSA) is 60.4 Å². The zero-order valence-corrected chi connectivity index (χ0v) is 14.0. The number of hydrogen-bond donors (Lipinski definition) is 2. The van der Waals surface area contributed by atoms with Crippen molar-refractivity contribution in [2.75, 3.05) is 19.0 Å².